The summed E-state index contributed by atoms with van der Waals surface area (Å²) in [6.45, 7) is 12.9. The summed E-state index contributed by atoms with van der Waals surface area (Å²) in [5.74, 6) is 0.559. The third kappa shape index (κ3) is 4.14. The Morgan fingerprint density at radius 1 is 1.24 bits per heavy atom. The molecule has 0 aliphatic carbocycles. The van der Waals surface area contributed by atoms with Crippen LogP contribution in [0.4, 0.5) is 10.7 Å². The first-order chi connectivity index (χ1) is 16.1. The van der Waals surface area contributed by atoms with Crippen LogP contribution in [0, 0.1) is 6.92 Å². The van der Waals surface area contributed by atoms with Crippen molar-refractivity contribution >= 4 is 46.0 Å². The molecule has 0 atom stereocenters. The van der Waals surface area contributed by atoms with E-state index < -0.39 is 7.12 Å². The fraction of sp³-hybridized carbons (Fsp3) is 0.458. The molecule has 0 bridgehead atoms. The van der Waals surface area contributed by atoms with Gasteiger partial charge in [-0.1, -0.05) is 18.2 Å². The number of aromatic nitrogens is 2. The minimum absolute atomic E-state index is 0.0182. The van der Waals surface area contributed by atoms with E-state index in [1.165, 1.54) is 0 Å². The normalized spacial score (nSPS) is 19.1. The maximum absolute atomic E-state index is 11.7. The molecule has 178 valence electrons. The highest BCUT2D eigenvalue weighted by molar-refractivity contribution is 7.23. The Morgan fingerprint density at radius 2 is 2.00 bits per heavy atom. The zero-order valence-corrected chi connectivity index (χ0v) is 21.1. The minimum Gasteiger partial charge on any atom is -0.399 e. The molecule has 2 fully saturated rings. The van der Waals surface area contributed by atoms with Crippen LogP contribution >= 0.6 is 11.3 Å². The van der Waals surface area contributed by atoms with Crippen molar-refractivity contribution in [3.8, 4) is 10.6 Å². The van der Waals surface area contributed by atoms with Gasteiger partial charge < -0.3 is 24.8 Å². The van der Waals surface area contributed by atoms with Crippen molar-refractivity contribution in [2.75, 3.05) is 31.5 Å². The van der Waals surface area contributed by atoms with Gasteiger partial charge in [-0.25, -0.2) is 14.8 Å². The third-order valence-corrected chi connectivity index (χ3v) is 8.10. The first-order valence-corrected chi connectivity index (χ1v) is 12.4. The fourth-order valence-electron chi connectivity index (χ4n) is 4.16. The summed E-state index contributed by atoms with van der Waals surface area (Å²) in [5, 5.41) is 7.21. The Hall–Kier alpha value is -2.69. The van der Waals surface area contributed by atoms with Crippen molar-refractivity contribution in [1.29, 1.82) is 0 Å². The third-order valence-electron chi connectivity index (χ3n) is 6.90. The highest BCUT2D eigenvalue weighted by Gasteiger charge is 2.52. The molecule has 2 saturated heterocycles. The summed E-state index contributed by atoms with van der Waals surface area (Å²) < 4.78 is 13.8. The van der Waals surface area contributed by atoms with Gasteiger partial charge in [0.15, 0.2) is 0 Å². The molecule has 2 aliphatic rings. The summed E-state index contributed by atoms with van der Waals surface area (Å²) >= 11 is 1.69. The predicted octanol–water partition coefficient (Wildman–Crippen LogP) is 3.40. The van der Waals surface area contributed by atoms with Gasteiger partial charge in [-0.05, 0) is 51.6 Å². The van der Waals surface area contributed by atoms with Crippen LogP contribution in [0.1, 0.15) is 33.3 Å². The number of carbonyl (C=O) groups excluding carboxylic acids is 1. The van der Waals surface area contributed by atoms with E-state index in [0.717, 1.165) is 38.2 Å². The number of hydrogen-bond acceptors (Lipinski definition) is 7. The molecule has 2 N–H and O–H groups in total. The lowest BCUT2D eigenvalue weighted by Crippen LogP contribution is -2.41. The number of fused-ring (bicyclic) bond motifs is 1. The summed E-state index contributed by atoms with van der Waals surface area (Å²) in [6.07, 6.45) is 1.84. The second kappa shape index (κ2) is 8.51. The number of hydrogen-bond donors (Lipinski definition) is 2. The number of carbonyl (C=O) groups is 1. The van der Waals surface area contributed by atoms with Crippen molar-refractivity contribution in [1.82, 2.24) is 20.2 Å². The summed E-state index contributed by atoms with van der Waals surface area (Å²) in [4.78, 5) is 23.8. The lowest BCUT2D eigenvalue weighted by Gasteiger charge is -2.32. The van der Waals surface area contributed by atoms with Gasteiger partial charge in [0.2, 0.25) is 5.95 Å². The molecule has 2 aromatic heterocycles. The van der Waals surface area contributed by atoms with Gasteiger partial charge in [-0.2, -0.15) is 0 Å². The smallest absolute Gasteiger partial charge is 0.399 e. The zero-order chi connectivity index (χ0) is 24.1. The number of urea groups is 1. The van der Waals surface area contributed by atoms with E-state index in [-0.39, 0.29) is 17.2 Å². The van der Waals surface area contributed by atoms with Crippen LogP contribution in [0.5, 0.6) is 0 Å². The number of benzene rings is 1. The maximum Gasteiger partial charge on any atom is 0.496 e. The molecule has 2 amide bonds. The van der Waals surface area contributed by atoms with Gasteiger partial charge in [0.1, 0.15) is 0 Å². The number of amides is 2. The highest BCUT2D eigenvalue weighted by atomic mass is 32.1. The average molecular weight is 479 g/mol. The number of nitrogens with one attached hydrogen (secondary N) is 2. The molecular formula is C24H30BN5O3S. The lowest BCUT2D eigenvalue weighted by molar-refractivity contribution is 0.00578. The van der Waals surface area contributed by atoms with Crippen molar-refractivity contribution in [2.24, 2.45) is 0 Å². The Balaban J connectivity index is 1.40. The van der Waals surface area contributed by atoms with E-state index in [2.05, 4.69) is 61.5 Å². The van der Waals surface area contributed by atoms with Crippen LogP contribution in [0.15, 0.2) is 30.5 Å². The van der Waals surface area contributed by atoms with Crippen LogP contribution < -0.4 is 16.1 Å². The quantitative estimate of drug-likeness (QED) is 0.527. The van der Waals surface area contributed by atoms with Crippen LogP contribution in [0.2, 0.25) is 0 Å². The molecule has 4 heterocycles. The Bertz CT molecular complexity index is 1230. The van der Waals surface area contributed by atoms with Crippen molar-refractivity contribution < 1.29 is 14.1 Å². The Kier molecular flexibility index (Phi) is 5.78. The van der Waals surface area contributed by atoms with Crippen molar-refractivity contribution in [3.05, 3.63) is 36.0 Å². The second-order valence-corrected chi connectivity index (χ2v) is 10.9. The summed E-state index contributed by atoms with van der Waals surface area (Å²) in [6, 6.07) is 8.39. The van der Waals surface area contributed by atoms with Gasteiger partial charge >= 0.3 is 13.1 Å². The molecule has 1 aromatic carbocycles. The van der Waals surface area contributed by atoms with Crippen LogP contribution in [0.3, 0.4) is 0 Å². The first kappa shape index (κ1) is 23.1. The highest BCUT2D eigenvalue weighted by Crippen LogP contribution is 2.39. The van der Waals surface area contributed by atoms with Crippen molar-refractivity contribution in [3.63, 3.8) is 0 Å². The van der Waals surface area contributed by atoms with E-state index >= 15 is 0 Å². The van der Waals surface area contributed by atoms with E-state index in [4.69, 9.17) is 14.3 Å². The molecule has 3 aromatic rings. The largest absolute Gasteiger partial charge is 0.496 e. The molecule has 8 nitrogen and oxygen atoms in total. The molecule has 0 spiro atoms. The monoisotopic (exact) mass is 479 g/mol. The van der Waals surface area contributed by atoms with E-state index in [1.54, 1.807) is 16.2 Å². The summed E-state index contributed by atoms with van der Waals surface area (Å²) in [7, 11) is -0.410. The van der Waals surface area contributed by atoms with E-state index in [0.29, 0.717) is 25.6 Å². The van der Waals surface area contributed by atoms with Gasteiger partial charge in [0.05, 0.1) is 21.8 Å². The average Bonchev–Trinajstić information content (AvgIpc) is 3.44. The van der Waals surface area contributed by atoms with E-state index in [9.17, 15) is 4.79 Å². The molecule has 0 unspecified atom stereocenters. The molecule has 2 aliphatic heterocycles. The first-order valence-electron chi connectivity index (χ1n) is 11.6. The van der Waals surface area contributed by atoms with Crippen LogP contribution in [-0.4, -0.2) is 65.4 Å². The second-order valence-electron chi connectivity index (χ2n) is 9.84. The number of rotatable bonds is 6. The molecule has 10 heteroatoms. The van der Waals surface area contributed by atoms with Crippen LogP contribution in [-0.2, 0) is 9.31 Å². The number of aryl methyl sites for hydroxylation is 1. The lowest BCUT2D eigenvalue weighted by atomic mass is 9.78. The SMILES string of the molecule is Cc1cnc(NCCN2CCNC2=O)nc1-c1cc2cccc(B3OC(C)(C)C(C)(C)O3)c2s1. The minimum atomic E-state index is -0.410. The number of nitrogens with zero attached hydrogens (tertiary/aromatic N) is 3. The zero-order valence-electron chi connectivity index (χ0n) is 20.3. The van der Waals surface area contributed by atoms with Crippen molar-refractivity contribution in [2.45, 2.75) is 45.8 Å². The maximum atomic E-state index is 11.7. The van der Waals surface area contributed by atoms with Gasteiger partial charge in [0.25, 0.3) is 0 Å². The van der Waals surface area contributed by atoms with Crippen LogP contribution in [0.25, 0.3) is 20.7 Å². The summed E-state index contributed by atoms with van der Waals surface area (Å²) in [5.41, 5.74) is 2.17. The molecule has 0 saturated carbocycles. The Morgan fingerprint density at radius 3 is 2.71 bits per heavy atom. The van der Waals surface area contributed by atoms with E-state index in [1.807, 2.05) is 19.2 Å². The van der Waals surface area contributed by atoms with Gasteiger partial charge in [-0.15, -0.1) is 11.3 Å². The topological polar surface area (TPSA) is 88.6 Å². The van der Waals surface area contributed by atoms with Gasteiger partial charge in [0, 0.05) is 42.5 Å². The number of anilines is 1. The number of thiophene rings is 1. The fourth-order valence-corrected chi connectivity index (χ4v) is 5.40. The Labute approximate surface area is 204 Å². The molecule has 34 heavy (non-hydrogen) atoms. The molecule has 0 radical (unpaired) electrons. The van der Waals surface area contributed by atoms with Gasteiger partial charge in [-0.3, -0.25) is 0 Å². The molecule has 5 rings (SSSR count). The molecular weight excluding hydrogens is 449 g/mol. The predicted molar refractivity (Wildman–Crippen MR) is 137 cm³/mol. The standard InChI is InChI=1S/C24H30BN5O3S/c1-15-14-28-21(26-9-11-30-12-10-27-22(30)31)29-19(15)18-13-16-7-6-8-17(20(16)34-18)25-32-23(2,3)24(4,5)33-25/h6-8,13-14H,9-12H2,1-5H3,(H,27,31)(H,26,28,29).